The van der Waals surface area contributed by atoms with Gasteiger partial charge in [-0.3, -0.25) is 0 Å². The second kappa shape index (κ2) is 12.1. The number of benzene rings is 2. The Kier molecular flexibility index (Phi) is 8.93. The van der Waals surface area contributed by atoms with Crippen molar-refractivity contribution in [3.63, 3.8) is 0 Å². The molecule has 2 aliphatic carbocycles. The molecule has 2 saturated carbocycles. The topological polar surface area (TPSA) is 9.23 Å². The van der Waals surface area contributed by atoms with E-state index in [0.717, 1.165) is 35.8 Å². The van der Waals surface area contributed by atoms with Crippen LogP contribution in [0.1, 0.15) is 108 Å². The number of rotatable bonds is 9. The van der Waals surface area contributed by atoms with E-state index in [1.165, 1.54) is 93.7 Å². The van der Waals surface area contributed by atoms with E-state index in [1.54, 1.807) is 12.7 Å². The van der Waals surface area contributed by atoms with Crippen molar-refractivity contribution in [2.45, 2.75) is 103 Å². The van der Waals surface area contributed by atoms with Crippen LogP contribution < -0.4 is 4.74 Å². The molecule has 0 amide bonds. The Hall–Kier alpha value is -1.76. The lowest BCUT2D eigenvalue weighted by Crippen LogP contribution is -2.25. The number of methoxy groups -OCH3 is 1. The van der Waals surface area contributed by atoms with Crippen LogP contribution in [-0.4, -0.2) is 7.11 Å². The summed E-state index contributed by atoms with van der Waals surface area (Å²) >= 11 is 0. The Morgan fingerprint density at radius 2 is 1.42 bits per heavy atom. The van der Waals surface area contributed by atoms with Gasteiger partial charge in [0, 0.05) is 0 Å². The second-order valence-electron chi connectivity index (χ2n) is 10.9. The van der Waals surface area contributed by atoms with Gasteiger partial charge in [-0.15, -0.1) is 0 Å². The monoisotopic (exact) mass is 446 g/mol. The molecule has 2 aliphatic rings. The summed E-state index contributed by atoms with van der Waals surface area (Å²) in [5.74, 6) is 4.76. The van der Waals surface area contributed by atoms with Crippen molar-refractivity contribution >= 4 is 0 Å². The summed E-state index contributed by atoms with van der Waals surface area (Å²) in [5, 5.41) is 0. The minimum atomic E-state index is 0.766. The normalized spacial score (nSPS) is 25.7. The zero-order chi connectivity index (χ0) is 23.0. The number of ether oxygens (including phenoxy) is 1. The molecular weight excluding hydrogens is 400 g/mol. The fraction of sp³-hybridized carbons (Fsp3) is 0.625. The van der Waals surface area contributed by atoms with E-state index < -0.39 is 0 Å². The van der Waals surface area contributed by atoms with Gasteiger partial charge in [0.05, 0.1) is 7.11 Å². The minimum Gasteiger partial charge on any atom is -0.497 e. The van der Waals surface area contributed by atoms with E-state index in [-0.39, 0.29) is 0 Å². The Morgan fingerprint density at radius 3 is 2.03 bits per heavy atom. The molecule has 0 saturated heterocycles. The molecule has 2 fully saturated rings. The number of hydrogen-bond acceptors (Lipinski definition) is 1. The van der Waals surface area contributed by atoms with Crippen LogP contribution in [-0.2, 0) is 6.42 Å². The first kappa shape index (κ1) is 24.4. The van der Waals surface area contributed by atoms with E-state index in [4.69, 9.17) is 4.74 Å². The van der Waals surface area contributed by atoms with Gasteiger partial charge in [0.2, 0.25) is 0 Å². The van der Waals surface area contributed by atoms with Gasteiger partial charge in [0.25, 0.3) is 0 Å². The Labute approximate surface area is 203 Å². The third-order valence-electron chi connectivity index (χ3n) is 8.93. The lowest BCUT2D eigenvalue weighted by Gasteiger charge is -2.38. The lowest BCUT2D eigenvalue weighted by molar-refractivity contribution is 0.155. The molecular formula is C32H46O. The first-order valence-electron chi connectivity index (χ1n) is 14.0. The van der Waals surface area contributed by atoms with E-state index in [9.17, 15) is 0 Å². The van der Waals surface area contributed by atoms with Crippen molar-refractivity contribution in [2.24, 2.45) is 17.8 Å². The molecule has 2 aromatic rings. The first-order chi connectivity index (χ1) is 16.2. The quantitative estimate of drug-likeness (QED) is 0.348. The number of hydrogen-bond donors (Lipinski definition) is 0. The highest BCUT2D eigenvalue weighted by Crippen LogP contribution is 2.45. The summed E-state index contributed by atoms with van der Waals surface area (Å²) in [7, 11) is 1.73. The fourth-order valence-electron chi connectivity index (χ4n) is 6.77. The van der Waals surface area contributed by atoms with E-state index in [1.807, 2.05) is 0 Å². The summed E-state index contributed by atoms with van der Waals surface area (Å²) in [6.45, 7) is 4.62. The fourth-order valence-corrected chi connectivity index (χ4v) is 6.77. The molecule has 0 spiro atoms. The van der Waals surface area contributed by atoms with Crippen LogP contribution in [0, 0.1) is 17.8 Å². The molecule has 2 aromatic carbocycles. The zero-order valence-corrected chi connectivity index (χ0v) is 21.5. The third kappa shape index (κ3) is 6.23. The van der Waals surface area contributed by atoms with Gasteiger partial charge in [-0.1, -0.05) is 82.7 Å². The summed E-state index contributed by atoms with van der Waals surface area (Å²) in [6.07, 6.45) is 18.6. The van der Waals surface area contributed by atoms with Crippen LogP contribution in [0.15, 0.2) is 42.5 Å². The number of aryl methyl sites for hydroxylation is 1. The molecule has 0 atom stereocenters. The molecule has 1 heteroatoms. The summed E-state index contributed by atoms with van der Waals surface area (Å²) < 4.78 is 5.34. The molecule has 0 bridgehead atoms. The van der Waals surface area contributed by atoms with Gasteiger partial charge >= 0.3 is 0 Å². The van der Waals surface area contributed by atoms with E-state index in [2.05, 4.69) is 56.3 Å². The van der Waals surface area contributed by atoms with Crippen molar-refractivity contribution in [1.29, 1.82) is 0 Å². The maximum atomic E-state index is 5.34. The van der Waals surface area contributed by atoms with Crippen molar-refractivity contribution in [3.05, 3.63) is 53.6 Å². The highest BCUT2D eigenvalue weighted by Gasteiger charge is 2.31. The Morgan fingerprint density at radius 1 is 0.758 bits per heavy atom. The molecule has 0 radical (unpaired) electrons. The molecule has 0 unspecified atom stereocenters. The molecule has 0 aromatic heterocycles. The largest absolute Gasteiger partial charge is 0.497 e. The zero-order valence-electron chi connectivity index (χ0n) is 21.5. The maximum Gasteiger partial charge on any atom is 0.118 e. The van der Waals surface area contributed by atoms with Gasteiger partial charge < -0.3 is 4.74 Å². The van der Waals surface area contributed by atoms with Crippen molar-refractivity contribution in [1.82, 2.24) is 0 Å². The molecule has 33 heavy (non-hydrogen) atoms. The first-order valence-corrected chi connectivity index (χ1v) is 14.0. The average Bonchev–Trinajstić information content (AvgIpc) is 2.89. The van der Waals surface area contributed by atoms with Gasteiger partial charge in [0.1, 0.15) is 5.75 Å². The summed E-state index contributed by atoms with van der Waals surface area (Å²) in [5.41, 5.74) is 5.75. The Balaban J connectivity index is 1.31. The van der Waals surface area contributed by atoms with E-state index >= 15 is 0 Å². The molecule has 4 rings (SSSR count). The third-order valence-corrected chi connectivity index (χ3v) is 8.93. The average molecular weight is 447 g/mol. The van der Waals surface area contributed by atoms with Crippen LogP contribution in [0.2, 0.25) is 0 Å². The second-order valence-corrected chi connectivity index (χ2v) is 10.9. The highest BCUT2D eigenvalue weighted by molar-refractivity contribution is 5.68. The standard InChI is InChI=1S/C32H46O/c1-4-6-7-8-24-9-11-26(12-10-24)27-13-15-28(16-14-27)30-19-22-32(25(5-2)23-30)29-17-20-31(33-3)21-18-29/h17-24,26-28H,4-16H2,1-3H3. The molecule has 1 nitrogen and oxygen atoms in total. The maximum absolute atomic E-state index is 5.34. The molecule has 180 valence electrons. The van der Waals surface area contributed by atoms with Crippen LogP contribution in [0.4, 0.5) is 0 Å². The lowest BCUT2D eigenvalue weighted by atomic mass is 9.68. The predicted octanol–water partition coefficient (Wildman–Crippen LogP) is 9.59. The van der Waals surface area contributed by atoms with Crippen LogP contribution in [0.5, 0.6) is 5.75 Å². The predicted molar refractivity (Wildman–Crippen MR) is 142 cm³/mol. The van der Waals surface area contributed by atoms with Crippen LogP contribution >= 0.6 is 0 Å². The van der Waals surface area contributed by atoms with Gasteiger partial charge in [-0.25, -0.2) is 0 Å². The molecule has 0 N–H and O–H groups in total. The van der Waals surface area contributed by atoms with Gasteiger partial charge in [-0.05, 0) is 103 Å². The smallest absolute Gasteiger partial charge is 0.118 e. The van der Waals surface area contributed by atoms with Gasteiger partial charge in [0.15, 0.2) is 0 Å². The summed E-state index contributed by atoms with van der Waals surface area (Å²) in [4.78, 5) is 0. The SMILES string of the molecule is CCCCCC1CCC(C2CCC(c3ccc(-c4ccc(OC)cc4)c(CC)c3)CC2)CC1. The Bertz CT molecular complexity index is 835. The van der Waals surface area contributed by atoms with Crippen LogP contribution in [0.25, 0.3) is 11.1 Å². The van der Waals surface area contributed by atoms with E-state index in [0.29, 0.717) is 0 Å². The summed E-state index contributed by atoms with van der Waals surface area (Å²) in [6, 6.07) is 15.8. The minimum absolute atomic E-state index is 0.766. The van der Waals surface area contributed by atoms with Crippen molar-refractivity contribution in [3.8, 4) is 16.9 Å². The van der Waals surface area contributed by atoms with Crippen LogP contribution in [0.3, 0.4) is 0 Å². The molecule has 0 heterocycles. The molecule has 0 aliphatic heterocycles. The van der Waals surface area contributed by atoms with Crippen molar-refractivity contribution < 1.29 is 4.74 Å². The highest BCUT2D eigenvalue weighted by atomic mass is 16.5. The van der Waals surface area contributed by atoms with Crippen molar-refractivity contribution in [2.75, 3.05) is 7.11 Å². The van der Waals surface area contributed by atoms with Gasteiger partial charge in [-0.2, -0.15) is 0 Å². The number of unbranched alkanes of at least 4 members (excludes halogenated alkanes) is 2.